The smallest absolute Gasteiger partial charge is 0.338 e. The standard InChI is InChI=1S/C22H40O5Si/c1-9-10-11-12-13-14-19(27-28(7,8)22(2,3)4)16-15-18(21(24)26-6)17-20(23)25-5/h15-17,19H,9-14H2,1-8H3/b16-15+,18-17+/t19-/m0/s1. The van der Waals surface area contributed by atoms with Gasteiger partial charge >= 0.3 is 11.9 Å². The maximum absolute atomic E-state index is 12.0. The lowest BCUT2D eigenvalue weighted by molar-refractivity contribution is -0.138. The van der Waals surface area contributed by atoms with Crippen molar-refractivity contribution in [3.8, 4) is 0 Å². The van der Waals surface area contributed by atoms with E-state index in [2.05, 4.69) is 45.5 Å². The van der Waals surface area contributed by atoms with Crippen LogP contribution in [0.15, 0.2) is 23.8 Å². The Bertz CT molecular complexity index is 544. The Morgan fingerprint density at radius 3 is 2.11 bits per heavy atom. The fourth-order valence-corrected chi connectivity index (χ4v) is 3.70. The molecule has 0 aliphatic heterocycles. The number of carbonyl (C=O) groups is 2. The molecule has 0 amide bonds. The van der Waals surface area contributed by atoms with Crippen LogP contribution >= 0.6 is 0 Å². The lowest BCUT2D eigenvalue weighted by atomic mass is 10.1. The molecule has 0 saturated carbocycles. The molecule has 0 aliphatic carbocycles. The van der Waals surface area contributed by atoms with Gasteiger partial charge in [0.1, 0.15) is 0 Å². The van der Waals surface area contributed by atoms with Crippen LogP contribution in [0.5, 0.6) is 0 Å². The van der Waals surface area contributed by atoms with Crippen LogP contribution in [0.25, 0.3) is 0 Å². The van der Waals surface area contributed by atoms with Gasteiger partial charge in [0, 0.05) is 6.08 Å². The van der Waals surface area contributed by atoms with Crippen LogP contribution in [0.1, 0.15) is 66.2 Å². The van der Waals surface area contributed by atoms with Gasteiger partial charge in [-0.2, -0.15) is 0 Å². The van der Waals surface area contributed by atoms with Gasteiger partial charge in [0.25, 0.3) is 0 Å². The van der Waals surface area contributed by atoms with Crippen LogP contribution < -0.4 is 0 Å². The number of unbranched alkanes of at least 4 members (excludes halogenated alkanes) is 4. The Balaban J connectivity index is 5.39. The molecular formula is C22H40O5Si. The summed E-state index contributed by atoms with van der Waals surface area (Å²) in [5, 5.41) is 0.0916. The van der Waals surface area contributed by atoms with Crippen molar-refractivity contribution in [2.75, 3.05) is 14.2 Å². The van der Waals surface area contributed by atoms with Crippen molar-refractivity contribution >= 4 is 20.3 Å². The minimum Gasteiger partial charge on any atom is -0.466 e. The molecule has 1 atom stereocenters. The topological polar surface area (TPSA) is 61.8 Å². The molecule has 162 valence electrons. The fourth-order valence-electron chi connectivity index (χ4n) is 2.39. The third-order valence-electron chi connectivity index (χ3n) is 5.23. The molecule has 0 saturated heterocycles. The van der Waals surface area contributed by atoms with Crippen molar-refractivity contribution in [1.82, 2.24) is 0 Å². The molecule has 0 aliphatic rings. The Labute approximate surface area is 172 Å². The molecule has 0 bridgehead atoms. The summed E-state index contributed by atoms with van der Waals surface area (Å²) >= 11 is 0. The number of ether oxygens (including phenoxy) is 2. The van der Waals surface area contributed by atoms with Crippen LogP contribution in [0, 0.1) is 0 Å². The van der Waals surface area contributed by atoms with Gasteiger partial charge in [-0.15, -0.1) is 0 Å². The molecule has 0 aromatic heterocycles. The van der Waals surface area contributed by atoms with Gasteiger partial charge in [-0.3, -0.25) is 0 Å². The maximum Gasteiger partial charge on any atom is 0.338 e. The molecule has 0 aromatic carbocycles. The van der Waals surface area contributed by atoms with E-state index in [0.717, 1.165) is 18.9 Å². The SMILES string of the molecule is CCCCCCC[C@@H](/C=C/C(=C\C(=O)OC)C(=O)OC)O[Si](C)(C)C(C)(C)C. The van der Waals surface area contributed by atoms with Crippen LogP contribution in [0.3, 0.4) is 0 Å². The Kier molecular flexibility index (Phi) is 12.3. The highest BCUT2D eigenvalue weighted by Crippen LogP contribution is 2.38. The average molecular weight is 413 g/mol. The van der Waals surface area contributed by atoms with Gasteiger partial charge in [-0.25, -0.2) is 9.59 Å². The first-order chi connectivity index (χ1) is 13.0. The number of methoxy groups -OCH3 is 2. The Morgan fingerprint density at radius 1 is 1.00 bits per heavy atom. The molecule has 0 unspecified atom stereocenters. The van der Waals surface area contributed by atoms with Crippen molar-refractivity contribution in [3.63, 3.8) is 0 Å². The largest absolute Gasteiger partial charge is 0.466 e. The highest BCUT2D eigenvalue weighted by atomic mass is 28.4. The summed E-state index contributed by atoms with van der Waals surface area (Å²) in [5.74, 6) is -1.16. The maximum atomic E-state index is 12.0. The summed E-state index contributed by atoms with van der Waals surface area (Å²) in [5.41, 5.74) is 0.157. The molecule has 28 heavy (non-hydrogen) atoms. The van der Waals surface area contributed by atoms with E-state index in [1.165, 1.54) is 39.9 Å². The van der Waals surface area contributed by atoms with E-state index in [9.17, 15) is 9.59 Å². The van der Waals surface area contributed by atoms with Crippen LogP contribution in [0.2, 0.25) is 18.1 Å². The summed E-state index contributed by atoms with van der Waals surface area (Å²) in [6, 6.07) is 0. The van der Waals surface area contributed by atoms with Crippen LogP contribution in [-0.2, 0) is 23.5 Å². The molecule has 0 spiro atoms. The van der Waals surface area contributed by atoms with Gasteiger partial charge in [-0.1, -0.05) is 65.9 Å². The van der Waals surface area contributed by atoms with Gasteiger partial charge in [0.05, 0.1) is 25.9 Å². The predicted molar refractivity (Wildman–Crippen MR) is 117 cm³/mol. The average Bonchev–Trinajstić information content (AvgIpc) is 2.62. The van der Waals surface area contributed by atoms with Gasteiger partial charge < -0.3 is 13.9 Å². The Morgan fingerprint density at radius 2 is 1.61 bits per heavy atom. The minimum absolute atomic E-state index is 0.0916. The first kappa shape index (κ1) is 26.6. The highest BCUT2D eigenvalue weighted by molar-refractivity contribution is 6.74. The van der Waals surface area contributed by atoms with E-state index in [-0.39, 0.29) is 16.7 Å². The van der Waals surface area contributed by atoms with Crippen molar-refractivity contribution < 1.29 is 23.5 Å². The normalized spacial score (nSPS) is 14.2. The zero-order valence-corrected chi connectivity index (χ0v) is 20.1. The quantitative estimate of drug-likeness (QED) is 0.138. The number of esters is 2. The molecule has 0 heterocycles. The monoisotopic (exact) mass is 412 g/mol. The second kappa shape index (κ2) is 12.9. The van der Waals surface area contributed by atoms with Gasteiger partial charge in [0.2, 0.25) is 0 Å². The summed E-state index contributed by atoms with van der Waals surface area (Å²) in [4.78, 5) is 23.5. The summed E-state index contributed by atoms with van der Waals surface area (Å²) < 4.78 is 16.0. The molecule has 0 radical (unpaired) electrons. The molecule has 0 rings (SSSR count). The summed E-state index contributed by atoms with van der Waals surface area (Å²) in [6.07, 6.45) is 11.3. The lowest BCUT2D eigenvalue weighted by Crippen LogP contribution is -2.43. The zero-order chi connectivity index (χ0) is 21.8. The van der Waals surface area contributed by atoms with Gasteiger partial charge in [0.15, 0.2) is 8.32 Å². The number of hydrogen-bond donors (Lipinski definition) is 0. The predicted octanol–water partition coefficient (Wildman–Crippen LogP) is 5.57. The number of rotatable bonds is 12. The second-order valence-electron chi connectivity index (χ2n) is 8.59. The van der Waals surface area contributed by atoms with E-state index in [0.29, 0.717) is 0 Å². The van der Waals surface area contributed by atoms with E-state index in [1.807, 2.05) is 6.08 Å². The zero-order valence-electron chi connectivity index (χ0n) is 19.1. The molecular weight excluding hydrogens is 372 g/mol. The molecule has 5 nitrogen and oxygen atoms in total. The van der Waals surface area contributed by atoms with E-state index < -0.39 is 20.3 Å². The van der Waals surface area contributed by atoms with E-state index in [4.69, 9.17) is 9.16 Å². The van der Waals surface area contributed by atoms with Crippen molar-refractivity contribution in [2.45, 2.75) is 90.5 Å². The van der Waals surface area contributed by atoms with Crippen LogP contribution in [-0.4, -0.2) is 40.6 Å². The number of hydrogen-bond acceptors (Lipinski definition) is 5. The first-order valence-electron chi connectivity index (χ1n) is 10.2. The summed E-state index contributed by atoms with van der Waals surface area (Å²) in [6.45, 7) is 13.3. The molecule has 0 fully saturated rings. The molecule has 0 N–H and O–H groups in total. The summed E-state index contributed by atoms with van der Waals surface area (Å²) in [7, 11) is 0.597. The minimum atomic E-state index is -1.97. The third kappa shape index (κ3) is 10.2. The number of carbonyl (C=O) groups excluding carboxylic acids is 2. The molecule has 0 aromatic rings. The van der Waals surface area contributed by atoms with Crippen molar-refractivity contribution in [2.24, 2.45) is 0 Å². The fraction of sp³-hybridized carbons (Fsp3) is 0.727. The Hall–Kier alpha value is -1.40. The highest BCUT2D eigenvalue weighted by Gasteiger charge is 2.38. The van der Waals surface area contributed by atoms with Crippen molar-refractivity contribution in [3.05, 3.63) is 23.8 Å². The lowest BCUT2D eigenvalue weighted by Gasteiger charge is -2.38. The van der Waals surface area contributed by atoms with Gasteiger partial charge in [-0.05, 0) is 30.6 Å². The molecule has 6 heteroatoms. The van der Waals surface area contributed by atoms with Crippen LogP contribution in [0.4, 0.5) is 0 Å². The van der Waals surface area contributed by atoms with Crippen molar-refractivity contribution in [1.29, 1.82) is 0 Å². The second-order valence-corrected chi connectivity index (χ2v) is 13.3. The first-order valence-corrected chi connectivity index (χ1v) is 13.1. The third-order valence-corrected chi connectivity index (χ3v) is 9.73. The van der Waals surface area contributed by atoms with E-state index in [1.54, 1.807) is 6.08 Å². The van der Waals surface area contributed by atoms with E-state index >= 15 is 0 Å².